The molecule has 2 saturated heterocycles. The summed E-state index contributed by atoms with van der Waals surface area (Å²) in [6.07, 6.45) is 2.02. The smallest absolute Gasteiger partial charge is 0.243 e. The first-order chi connectivity index (χ1) is 15.5. The lowest BCUT2D eigenvalue weighted by Gasteiger charge is -2.24. The fraction of sp³-hybridized carbons (Fsp3) is 0.458. The summed E-state index contributed by atoms with van der Waals surface area (Å²) in [5, 5.41) is 8.94. The van der Waals surface area contributed by atoms with Crippen LogP contribution in [-0.2, 0) is 19.5 Å². The number of nitrogens with zero attached hydrogens (tertiary/aromatic N) is 3. The summed E-state index contributed by atoms with van der Waals surface area (Å²) in [6, 6.07) is 16.6. The highest BCUT2D eigenvalue weighted by molar-refractivity contribution is 7.89. The molecule has 2 fully saturated rings. The predicted octanol–water partition coefficient (Wildman–Crippen LogP) is 2.73. The van der Waals surface area contributed by atoms with Gasteiger partial charge in [0.05, 0.1) is 35.8 Å². The molecule has 2 aliphatic rings. The van der Waals surface area contributed by atoms with E-state index < -0.39 is 10.0 Å². The van der Waals surface area contributed by atoms with E-state index in [9.17, 15) is 8.42 Å². The SMILES string of the molecule is COCCO[C@@H]1CCN(C2CCN(S(=O)(=O)c3ccc(-c4ccc(C#N)cc4)cc3)C2)C1. The van der Waals surface area contributed by atoms with E-state index in [2.05, 4.69) is 11.0 Å². The maximum atomic E-state index is 13.2. The summed E-state index contributed by atoms with van der Waals surface area (Å²) in [7, 11) is -1.86. The van der Waals surface area contributed by atoms with E-state index in [0.717, 1.165) is 37.1 Å². The highest BCUT2D eigenvalue weighted by Gasteiger charge is 2.37. The van der Waals surface area contributed by atoms with Crippen molar-refractivity contribution < 1.29 is 17.9 Å². The van der Waals surface area contributed by atoms with Crippen LogP contribution in [0.15, 0.2) is 53.4 Å². The van der Waals surface area contributed by atoms with Gasteiger partial charge in [0.25, 0.3) is 0 Å². The van der Waals surface area contributed by atoms with E-state index >= 15 is 0 Å². The molecule has 0 amide bonds. The van der Waals surface area contributed by atoms with Crippen LogP contribution in [0.4, 0.5) is 0 Å². The molecule has 4 rings (SSSR count). The monoisotopic (exact) mass is 455 g/mol. The molecule has 0 bridgehead atoms. The molecule has 1 unspecified atom stereocenters. The molecule has 2 heterocycles. The topological polar surface area (TPSA) is 82.9 Å². The lowest BCUT2D eigenvalue weighted by molar-refractivity contribution is 0.0203. The number of hydrogen-bond donors (Lipinski definition) is 0. The average molecular weight is 456 g/mol. The fourth-order valence-corrected chi connectivity index (χ4v) is 5.94. The minimum absolute atomic E-state index is 0.200. The first kappa shape index (κ1) is 22.9. The Labute approximate surface area is 190 Å². The van der Waals surface area contributed by atoms with Crippen LogP contribution >= 0.6 is 0 Å². The largest absolute Gasteiger partial charge is 0.382 e. The van der Waals surface area contributed by atoms with Gasteiger partial charge in [0.2, 0.25) is 10.0 Å². The summed E-state index contributed by atoms with van der Waals surface area (Å²) in [6.45, 7) is 4.03. The van der Waals surface area contributed by atoms with Gasteiger partial charge in [-0.15, -0.1) is 0 Å². The molecule has 0 aromatic heterocycles. The molecule has 0 spiro atoms. The van der Waals surface area contributed by atoms with Gasteiger partial charge in [0.1, 0.15) is 0 Å². The number of sulfonamides is 1. The molecule has 0 N–H and O–H groups in total. The molecular formula is C24H29N3O4S. The van der Waals surface area contributed by atoms with E-state index in [1.54, 1.807) is 35.7 Å². The number of benzene rings is 2. The summed E-state index contributed by atoms with van der Waals surface area (Å²) in [5.74, 6) is 0. The van der Waals surface area contributed by atoms with Crippen molar-refractivity contribution in [2.75, 3.05) is 46.5 Å². The second-order valence-corrected chi connectivity index (χ2v) is 10.2. The molecule has 2 atom stereocenters. The summed E-state index contributed by atoms with van der Waals surface area (Å²) >= 11 is 0. The van der Waals surface area contributed by atoms with Gasteiger partial charge in [0, 0.05) is 39.3 Å². The van der Waals surface area contributed by atoms with Crippen LogP contribution in [0.1, 0.15) is 18.4 Å². The second-order valence-electron chi connectivity index (χ2n) is 8.29. The summed E-state index contributed by atoms with van der Waals surface area (Å²) < 4.78 is 38.9. The molecule has 8 heteroatoms. The Hall–Kier alpha value is -2.28. The van der Waals surface area contributed by atoms with Gasteiger partial charge < -0.3 is 9.47 Å². The Morgan fingerprint density at radius 1 is 0.969 bits per heavy atom. The maximum absolute atomic E-state index is 13.2. The number of likely N-dealkylation sites (tertiary alicyclic amines) is 1. The second kappa shape index (κ2) is 10.1. The molecule has 0 saturated carbocycles. The number of rotatable bonds is 8. The highest BCUT2D eigenvalue weighted by atomic mass is 32.2. The van der Waals surface area contributed by atoms with Gasteiger partial charge >= 0.3 is 0 Å². The Morgan fingerprint density at radius 3 is 2.31 bits per heavy atom. The first-order valence-corrected chi connectivity index (χ1v) is 12.4. The van der Waals surface area contributed by atoms with Crippen LogP contribution in [0.2, 0.25) is 0 Å². The zero-order chi connectivity index (χ0) is 22.6. The molecular weight excluding hydrogens is 426 g/mol. The lowest BCUT2D eigenvalue weighted by Crippen LogP contribution is -2.38. The number of hydrogen-bond acceptors (Lipinski definition) is 6. The minimum Gasteiger partial charge on any atom is -0.382 e. The predicted molar refractivity (Wildman–Crippen MR) is 122 cm³/mol. The van der Waals surface area contributed by atoms with Crippen molar-refractivity contribution >= 4 is 10.0 Å². The van der Waals surface area contributed by atoms with Crippen LogP contribution < -0.4 is 0 Å². The Kier molecular flexibility index (Phi) is 7.23. The molecule has 2 aliphatic heterocycles. The third-order valence-electron chi connectivity index (χ3n) is 6.30. The Balaban J connectivity index is 1.37. The Morgan fingerprint density at radius 2 is 1.66 bits per heavy atom. The molecule has 2 aromatic rings. The van der Waals surface area contributed by atoms with E-state index in [-0.39, 0.29) is 12.1 Å². The number of ether oxygens (including phenoxy) is 2. The minimum atomic E-state index is -3.53. The standard InChI is InChI=1S/C24H29N3O4S/c1-30-14-15-31-23-11-12-26(18-23)22-10-13-27(17-22)32(28,29)24-8-6-21(7-9-24)20-4-2-19(16-25)3-5-20/h2-9,22-23H,10-15,17-18H2,1H3/t22?,23-/m1/s1. The van der Waals surface area contributed by atoms with Crippen LogP contribution in [0.25, 0.3) is 11.1 Å². The molecule has 7 nitrogen and oxygen atoms in total. The van der Waals surface area contributed by atoms with Crippen molar-refractivity contribution in [2.24, 2.45) is 0 Å². The summed E-state index contributed by atoms with van der Waals surface area (Å²) in [5.41, 5.74) is 2.47. The zero-order valence-electron chi connectivity index (χ0n) is 18.3. The Bertz CT molecular complexity index is 1050. The molecule has 32 heavy (non-hydrogen) atoms. The van der Waals surface area contributed by atoms with Crippen LogP contribution in [0.5, 0.6) is 0 Å². The lowest BCUT2D eigenvalue weighted by atomic mass is 10.0. The number of nitriles is 1. The van der Waals surface area contributed by atoms with Crippen molar-refractivity contribution in [1.82, 2.24) is 9.21 Å². The van der Waals surface area contributed by atoms with E-state index in [0.29, 0.717) is 36.8 Å². The molecule has 2 aromatic carbocycles. The van der Waals surface area contributed by atoms with E-state index in [1.165, 1.54) is 0 Å². The normalized spacial score (nSPS) is 22.2. The van der Waals surface area contributed by atoms with Crippen molar-refractivity contribution in [3.63, 3.8) is 0 Å². The molecule has 0 aliphatic carbocycles. The third-order valence-corrected chi connectivity index (χ3v) is 8.18. The van der Waals surface area contributed by atoms with E-state index in [4.69, 9.17) is 14.7 Å². The third kappa shape index (κ3) is 5.03. The first-order valence-electron chi connectivity index (χ1n) is 11.0. The van der Waals surface area contributed by atoms with Gasteiger partial charge in [-0.1, -0.05) is 24.3 Å². The fourth-order valence-electron chi connectivity index (χ4n) is 4.45. The van der Waals surface area contributed by atoms with Crippen molar-refractivity contribution in [2.45, 2.75) is 29.9 Å². The van der Waals surface area contributed by atoms with Crippen LogP contribution in [-0.4, -0.2) is 76.3 Å². The average Bonchev–Trinajstić information content (AvgIpc) is 3.50. The molecule has 0 radical (unpaired) electrons. The van der Waals surface area contributed by atoms with E-state index in [1.807, 2.05) is 24.3 Å². The van der Waals surface area contributed by atoms with Crippen molar-refractivity contribution in [3.05, 3.63) is 54.1 Å². The van der Waals surface area contributed by atoms with Gasteiger partial charge in [-0.25, -0.2) is 8.42 Å². The van der Waals surface area contributed by atoms with Crippen molar-refractivity contribution in [3.8, 4) is 17.2 Å². The maximum Gasteiger partial charge on any atom is 0.243 e. The van der Waals surface area contributed by atoms with Gasteiger partial charge in [-0.2, -0.15) is 9.57 Å². The van der Waals surface area contributed by atoms with Gasteiger partial charge in [-0.3, -0.25) is 4.90 Å². The van der Waals surface area contributed by atoms with Gasteiger partial charge in [-0.05, 0) is 48.2 Å². The number of methoxy groups -OCH3 is 1. The quantitative estimate of drug-likeness (QED) is 0.569. The van der Waals surface area contributed by atoms with Crippen LogP contribution in [0.3, 0.4) is 0 Å². The summed E-state index contributed by atoms with van der Waals surface area (Å²) in [4.78, 5) is 2.68. The highest BCUT2D eigenvalue weighted by Crippen LogP contribution is 2.28. The van der Waals surface area contributed by atoms with Crippen LogP contribution in [0, 0.1) is 11.3 Å². The van der Waals surface area contributed by atoms with Gasteiger partial charge in [0.15, 0.2) is 0 Å². The zero-order valence-corrected chi connectivity index (χ0v) is 19.1. The van der Waals surface area contributed by atoms with Crippen molar-refractivity contribution in [1.29, 1.82) is 5.26 Å². The molecule has 170 valence electrons.